The van der Waals surface area contributed by atoms with Gasteiger partial charge in [-0.3, -0.25) is 4.79 Å². The molecule has 2 spiro atoms. The summed E-state index contributed by atoms with van der Waals surface area (Å²) >= 11 is 0. The van der Waals surface area contributed by atoms with E-state index in [1.54, 1.807) is 0 Å². The Morgan fingerprint density at radius 1 is 0.366 bits per heavy atom. The smallest absolute Gasteiger partial charge is 0.189 e. The number of rotatable bonds is 5. The summed E-state index contributed by atoms with van der Waals surface area (Å²) in [6, 6.07) is 77.5. The Labute approximate surface area is 411 Å². The van der Waals surface area contributed by atoms with E-state index in [9.17, 15) is 0 Å². The van der Waals surface area contributed by atoms with Gasteiger partial charge in [0.2, 0.25) is 0 Å². The number of carbonyl (C=O) groups is 1. The summed E-state index contributed by atoms with van der Waals surface area (Å²) in [5.74, 6) is 1.87. The lowest BCUT2D eigenvalue weighted by Gasteiger charge is -2.32. The normalized spacial score (nSPS) is 15.2. The number of fused-ring (bicyclic) bond motifs is 19. The SMILES string of the molecule is O=C(C1=CC2=C(C=CC1)c1ccccc1C21c2ccccc2-c2ccccc21)c1ccc2c(c1)C1(c3ccccc3-c3ccccc31)c1cc(-c3nc(-c4ccccc4)nc(-c4ccccc4)n3)ccc1-2. The molecule has 0 unspecified atom stereocenters. The van der Waals surface area contributed by atoms with E-state index in [4.69, 9.17) is 15.0 Å². The van der Waals surface area contributed by atoms with Gasteiger partial charge in [-0.15, -0.1) is 0 Å². The summed E-state index contributed by atoms with van der Waals surface area (Å²) in [4.78, 5) is 31.0. The molecule has 15 rings (SSSR count). The van der Waals surface area contributed by atoms with Crippen LogP contribution in [-0.4, -0.2) is 20.7 Å². The maximum Gasteiger partial charge on any atom is 0.189 e. The lowest BCUT2D eigenvalue weighted by Crippen LogP contribution is -2.27. The Morgan fingerprint density at radius 3 is 1.31 bits per heavy atom. The molecular weight excluding hydrogens is 863 g/mol. The van der Waals surface area contributed by atoms with Gasteiger partial charge in [0.25, 0.3) is 0 Å². The van der Waals surface area contributed by atoms with Gasteiger partial charge in [-0.25, -0.2) is 15.0 Å². The van der Waals surface area contributed by atoms with Crippen LogP contribution in [0.1, 0.15) is 61.3 Å². The lowest BCUT2D eigenvalue weighted by atomic mass is 9.69. The van der Waals surface area contributed by atoms with E-state index < -0.39 is 10.8 Å². The van der Waals surface area contributed by atoms with Gasteiger partial charge < -0.3 is 0 Å². The van der Waals surface area contributed by atoms with Gasteiger partial charge in [0.1, 0.15) is 0 Å². The first-order valence-electron chi connectivity index (χ1n) is 24.4. The van der Waals surface area contributed by atoms with Crippen LogP contribution in [0.15, 0.2) is 248 Å². The van der Waals surface area contributed by atoms with Crippen molar-refractivity contribution in [1.82, 2.24) is 15.0 Å². The molecule has 0 aliphatic heterocycles. The summed E-state index contributed by atoms with van der Waals surface area (Å²) in [6.07, 6.45) is 7.23. The van der Waals surface area contributed by atoms with E-state index in [0.29, 0.717) is 29.5 Å². The molecule has 0 radical (unpaired) electrons. The molecular formula is C67H41N3O. The van der Waals surface area contributed by atoms with Gasteiger partial charge in [0.05, 0.1) is 10.8 Å². The molecule has 0 saturated carbocycles. The third-order valence-electron chi connectivity index (χ3n) is 15.8. The molecule has 330 valence electrons. The number of benzene rings is 9. The number of ketones is 1. The Bertz CT molecular complexity index is 3900. The van der Waals surface area contributed by atoms with Gasteiger partial charge in [0.15, 0.2) is 23.3 Å². The van der Waals surface area contributed by atoms with E-state index in [1.807, 2.05) is 60.7 Å². The fourth-order valence-corrected chi connectivity index (χ4v) is 13.0. The fourth-order valence-electron chi connectivity index (χ4n) is 13.0. The second-order valence-corrected chi connectivity index (χ2v) is 19.2. The van der Waals surface area contributed by atoms with Crippen molar-refractivity contribution < 1.29 is 4.79 Å². The van der Waals surface area contributed by atoms with E-state index >= 15 is 4.79 Å². The fraction of sp³-hybridized carbons (Fsp3) is 0.0448. The zero-order valence-corrected chi connectivity index (χ0v) is 38.5. The number of aromatic nitrogens is 3. The first kappa shape index (κ1) is 39.8. The maximum absolute atomic E-state index is 15.7. The third-order valence-corrected chi connectivity index (χ3v) is 15.8. The predicted octanol–water partition coefficient (Wildman–Crippen LogP) is 15.1. The zero-order chi connectivity index (χ0) is 46.8. The number of Topliss-reactive ketones (excluding diaryl/α,β-unsaturated/α-hetero) is 1. The van der Waals surface area contributed by atoms with Crippen molar-refractivity contribution in [3.8, 4) is 67.5 Å². The van der Waals surface area contributed by atoms with Crippen LogP contribution in [0, 0.1) is 0 Å². The highest BCUT2D eigenvalue weighted by Crippen LogP contribution is 2.65. The van der Waals surface area contributed by atoms with Gasteiger partial charge in [-0.2, -0.15) is 0 Å². The van der Waals surface area contributed by atoms with Gasteiger partial charge in [0, 0.05) is 27.8 Å². The van der Waals surface area contributed by atoms with Gasteiger partial charge >= 0.3 is 0 Å². The van der Waals surface area contributed by atoms with E-state index in [2.05, 4.69) is 176 Å². The van der Waals surface area contributed by atoms with Crippen molar-refractivity contribution in [2.45, 2.75) is 17.3 Å². The molecule has 0 amide bonds. The third kappa shape index (κ3) is 5.39. The minimum atomic E-state index is -0.719. The Hall–Kier alpha value is -9.12. The van der Waals surface area contributed by atoms with Crippen LogP contribution in [0.4, 0.5) is 0 Å². The van der Waals surface area contributed by atoms with Crippen LogP contribution in [0.3, 0.4) is 0 Å². The van der Waals surface area contributed by atoms with E-state index in [0.717, 1.165) is 50.1 Å². The monoisotopic (exact) mass is 903 g/mol. The zero-order valence-electron chi connectivity index (χ0n) is 38.5. The van der Waals surface area contributed by atoms with Crippen molar-refractivity contribution in [1.29, 1.82) is 0 Å². The second-order valence-electron chi connectivity index (χ2n) is 19.2. The summed E-state index contributed by atoms with van der Waals surface area (Å²) in [7, 11) is 0. The summed E-state index contributed by atoms with van der Waals surface area (Å²) in [5, 5.41) is 0. The topological polar surface area (TPSA) is 55.7 Å². The van der Waals surface area contributed by atoms with E-state index in [1.165, 1.54) is 61.2 Å². The molecule has 4 nitrogen and oxygen atoms in total. The molecule has 4 heteroatoms. The van der Waals surface area contributed by atoms with Crippen LogP contribution in [0.5, 0.6) is 0 Å². The number of carbonyl (C=O) groups excluding carboxylic acids is 1. The molecule has 1 aromatic heterocycles. The Kier molecular flexibility index (Phi) is 8.38. The predicted molar refractivity (Wildman–Crippen MR) is 284 cm³/mol. The van der Waals surface area contributed by atoms with Gasteiger partial charge in [-0.05, 0) is 114 Å². The van der Waals surface area contributed by atoms with Crippen LogP contribution in [0.25, 0.3) is 73.1 Å². The molecule has 0 N–H and O–H groups in total. The second kappa shape index (κ2) is 14.9. The van der Waals surface area contributed by atoms with Crippen molar-refractivity contribution in [2.24, 2.45) is 0 Å². The molecule has 0 atom stereocenters. The summed E-state index contributed by atoms with van der Waals surface area (Å²) in [5.41, 5.74) is 22.0. The van der Waals surface area contributed by atoms with Crippen molar-refractivity contribution in [2.75, 3.05) is 0 Å². The van der Waals surface area contributed by atoms with Crippen molar-refractivity contribution >= 4 is 11.4 Å². The number of hydrogen-bond acceptors (Lipinski definition) is 4. The Balaban J connectivity index is 0.917. The average Bonchev–Trinajstić information content (AvgIpc) is 4.06. The molecule has 71 heavy (non-hydrogen) atoms. The van der Waals surface area contributed by atoms with Crippen LogP contribution in [0.2, 0.25) is 0 Å². The highest BCUT2D eigenvalue weighted by molar-refractivity contribution is 6.12. The molecule has 0 bridgehead atoms. The first-order chi connectivity index (χ1) is 35.1. The summed E-state index contributed by atoms with van der Waals surface area (Å²) in [6.45, 7) is 0. The molecule has 0 saturated heterocycles. The lowest BCUT2D eigenvalue weighted by molar-refractivity contribution is 0.103. The van der Waals surface area contributed by atoms with Crippen LogP contribution < -0.4 is 0 Å². The molecule has 5 aliphatic carbocycles. The number of allylic oxidation sites excluding steroid dienone is 6. The largest absolute Gasteiger partial charge is 0.289 e. The van der Waals surface area contributed by atoms with Gasteiger partial charge in [-0.1, -0.05) is 218 Å². The standard InChI is InChI=1S/C67H41N3O/c71-62(43-22-17-28-51-50-27-11-14-31-56(50)66(59(51)38-43)54-29-12-7-23-46(54)47-24-8-13-30-55(47)66)44-34-36-52-53-37-35-45(65-69-63(41-18-3-1-4-19-41)68-64(70-65)42-20-5-2-6-21-42)40-61(53)67(60(52)39-44)57-32-15-9-25-48(57)49-26-10-16-33-58(49)67/h1-21,23-40H,22H2. The van der Waals surface area contributed by atoms with Crippen molar-refractivity contribution in [3.63, 3.8) is 0 Å². The average molecular weight is 904 g/mol. The first-order valence-corrected chi connectivity index (χ1v) is 24.4. The molecule has 9 aromatic carbocycles. The van der Waals surface area contributed by atoms with Crippen LogP contribution >= 0.6 is 0 Å². The maximum atomic E-state index is 15.7. The van der Waals surface area contributed by atoms with Crippen molar-refractivity contribution in [3.05, 3.63) is 298 Å². The molecule has 0 fully saturated rings. The quantitative estimate of drug-likeness (QED) is 0.162. The highest BCUT2D eigenvalue weighted by atomic mass is 16.1. The van der Waals surface area contributed by atoms with E-state index in [-0.39, 0.29) is 5.78 Å². The summed E-state index contributed by atoms with van der Waals surface area (Å²) < 4.78 is 0. The minimum Gasteiger partial charge on any atom is -0.289 e. The number of hydrogen-bond donors (Lipinski definition) is 0. The highest BCUT2D eigenvalue weighted by Gasteiger charge is 2.54. The Morgan fingerprint density at radius 2 is 0.775 bits per heavy atom. The minimum absolute atomic E-state index is 0.0373. The molecule has 5 aliphatic rings. The molecule has 10 aromatic rings. The molecule has 1 heterocycles. The number of nitrogens with zero attached hydrogens (tertiary/aromatic N) is 3. The van der Waals surface area contributed by atoms with Crippen LogP contribution in [-0.2, 0) is 10.8 Å².